The number of carbonyl (C=O) groups excluding carboxylic acids is 1. The number of para-hydroxylation sites is 1. The summed E-state index contributed by atoms with van der Waals surface area (Å²) in [5, 5.41) is 2.98. The summed E-state index contributed by atoms with van der Waals surface area (Å²) in [6.45, 7) is 0.755. The first-order valence-electron chi connectivity index (χ1n) is 9.22. The average molecular weight is 375 g/mol. The summed E-state index contributed by atoms with van der Waals surface area (Å²) in [7, 11) is 0. The van der Waals surface area contributed by atoms with Crippen molar-refractivity contribution in [2.45, 2.75) is 12.5 Å². The highest BCUT2D eigenvalue weighted by molar-refractivity contribution is 5.82. The Kier molecular flexibility index (Phi) is 5.43. The normalized spacial score (nSPS) is 13.0. The molecule has 0 aliphatic carbocycles. The lowest BCUT2D eigenvalue weighted by Crippen LogP contribution is -2.33. The van der Waals surface area contributed by atoms with Gasteiger partial charge in [0.05, 0.1) is 0 Å². The molecule has 1 heterocycles. The number of amides is 1. The molecule has 0 spiro atoms. The van der Waals surface area contributed by atoms with E-state index in [-0.39, 0.29) is 12.7 Å². The Morgan fingerprint density at radius 2 is 1.64 bits per heavy atom. The van der Waals surface area contributed by atoms with Crippen LogP contribution in [0, 0.1) is 0 Å². The number of hydrogen-bond donors (Lipinski definition) is 1. The van der Waals surface area contributed by atoms with Crippen LogP contribution in [0.3, 0.4) is 0 Å². The van der Waals surface area contributed by atoms with E-state index in [4.69, 9.17) is 14.2 Å². The van der Waals surface area contributed by atoms with Crippen LogP contribution in [0.1, 0.15) is 17.2 Å². The molecule has 1 aliphatic heterocycles. The van der Waals surface area contributed by atoms with E-state index >= 15 is 0 Å². The molecule has 0 aromatic heterocycles. The fraction of sp³-hybridized carbons (Fsp3) is 0.174. The molecule has 0 saturated heterocycles. The maximum atomic E-state index is 12.8. The van der Waals surface area contributed by atoms with Crippen molar-refractivity contribution in [2.24, 2.45) is 0 Å². The van der Waals surface area contributed by atoms with Crippen LogP contribution in [-0.4, -0.2) is 19.2 Å². The molecule has 5 heteroatoms. The number of hydrogen-bond acceptors (Lipinski definition) is 4. The van der Waals surface area contributed by atoms with Gasteiger partial charge in [-0.25, -0.2) is 0 Å². The van der Waals surface area contributed by atoms with Crippen molar-refractivity contribution in [2.75, 3.05) is 13.3 Å². The Bertz CT molecular complexity index is 928. The molecule has 3 aromatic rings. The Hall–Kier alpha value is -3.47. The second-order valence-corrected chi connectivity index (χ2v) is 6.45. The molecule has 0 bridgehead atoms. The Balaban J connectivity index is 1.40. The first-order chi connectivity index (χ1) is 13.8. The van der Waals surface area contributed by atoms with Gasteiger partial charge in [0.15, 0.2) is 11.5 Å². The topological polar surface area (TPSA) is 56.8 Å². The zero-order valence-corrected chi connectivity index (χ0v) is 15.3. The lowest BCUT2D eigenvalue weighted by Gasteiger charge is -2.19. The molecular formula is C23H21NO4. The number of carbonyl (C=O) groups is 1. The van der Waals surface area contributed by atoms with E-state index in [1.807, 2.05) is 78.9 Å². The van der Waals surface area contributed by atoms with Crippen LogP contribution >= 0.6 is 0 Å². The standard InChI is InChI=1S/C23H21NO4/c25-23(24-14-13-17-11-12-20-21(15-17)27-16-26-20)22(18-7-3-1-4-8-18)28-19-9-5-2-6-10-19/h1-12,15,22H,13-14,16H2,(H,24,25). The minimum Gasteiger partial charge on any atom is -0.476 e. The number of fused-ring (bicyclic) bond motifs is 1. The van der Waals surface area contributed by atoms with Crippen molar-refractivity contribution < 1.29 is 19.0 Å². The van der Waals surface area contributed by atoms with Crippen LogP contribution in [-0.2, 0) is 11.2 Å². The zero-order chi connectivity index (χ0) is 19.2. The van der Waals surface area contributed by atoms with Crippen molar-refractivity contribution in [3.05, 3.63) is 90.0 Å². The molecule has 1 aliphatic rings. The van der Waals surface area contributed by atoms with E-state index < -0.39 is 6.10 Å². The third-order valence-electron chi connectivity index (χ3n) is 4.49. The van der Waals surface area contributed by atoms with Crippen molar-refractivity contribution >= 4 is 5.91 Å². The molecule has 1 amide bonds. The summed E-state index contributed by atoms with van der Waals surface area (Å²) in [5.74, 6) is 1.99. The summed E-state index contributed by atoms with van der Waals surface area (Å²) in [6, 6.07) is 24.7. The largest absolute Gasteiger partial charge is 0.476 e. The van der Waals surface area contributed by atoms with Gasteiger partial charge in [0, 0.05) is 12.1 Å². The molecule has 1 atom stereocenters. The fourth-order valence-electron chi connectivity index (χ4n) is 3.06. The second-order valence-electron chi connectivity index (χ2n) is 6.45. The Morgan fingerprint density at radius 1 is 0.929 bits per heavy atom. The van der Waals surface area contributed by atoms with E-state index in [1.54, 1.807) is 0 Å². The highest BCUT2D eigenvalue weighted by atomic mass is 16.7. The molecule has 4 rings (SSSR count). The predicted molar refractivity (Wildman–Crippen MR) is 106 cm³/mol. The number of benzene rings is 3. The van der Waals surface area contributed by atoms with Gasteiger partial charge >= 0.3 is 0 Å². The molecule has 142 valence electrons. The highest BCUT2D eigenvalue weighted by Crippen LogP contribution is 2.32. The van der Waals surface area contributed by atoms with Gasteiger partial charge in [-0.1, -0.05) is 54.6 Å². The number of ether oxygens (including phenoxy) is 3. The lowest BCUT2D eigenvalue weighted by atomic mass is 10.1. The van der Waals surface area contributed by atoms with Crippen LogP contribution in [0.4, 0.5) is 0 Å². The van der Waals surface area contributed by atoms with Gasteiger partial charge in [-0.2, -0.15) is 0 Å². The van der Waals surface area contributed by atoms with Crippen LogP contribution < -0.4 is 19.5 Å². The molecule has 0 radical (unpaired) electrons. The van der Waals surface area contributed by atoms with Gasteiger partial charge in [-0.15, -0.1) is 0 Å². The molecule has 1 N–H and O–H groups in total. The maximum absolute atomic E-state index is 12.8. The number of nitrogens with one attached hydrogen (secondary N) is 1. The van der Waals surface area contributed by atoms with Gasteiger partial charge in [0.2, 0.25) is 12.9 Å². The molecule has 1 unspecified atom stereocenters. The summed E-state index contributed by atoms with van der Waals surface area (Å²) >= 11 is 0. The van der Waals surface area contributed by atoms with E-state index in [2.05, 4.69) is 5.32 Å². The van der Waals surface area contributed by atoms with Crippen molar-refractivity contribution in [1.82, 2.24) is 5.32 Å². The van der Waals surface area contributed by atoms with E-state index in [0.717, 1.165) is 22.6 Å². The molecule has 0 saturated carbocycles. The van der Waals surface area contributed by atoms with Crippen LogP contribution in [0.2, 0.25) is 0 Å². The van der Waals surface area contributed by atoms with Gasteiger partial charge in [0.25, 0.3) is 5.91 Å². The summed E-state index contributed by atoms with van der Waals surface area (Å²) in [5.41, 5.74) is 1.89. The summed E-state index contributed by atoms with van der Waals surface area (Å²) in [4.78, 5) is 12.8. The fourth-order valence-corrected chi connectivity index (χ4v) is 3.06. The van der Waals surface area contributed by atoms with E-state index in [0.29, 0.717) is 18.7 Å². The molecule has 5 nitrogen and oxygen atoms in total. The quantitative estimate of drug-likeness (QED) is 0.681. The van der Waals surface area contributed by atoms with Crippen molar-refractivity contribution in [1.29, 1.82) is 0 Å². The van der Waals surface area contributed by atoms with Crippen LogP contribution in [0.15, 0.2) is 78.9 Å². The zero-order valence-electron chi connectivity index (χ0n) is 15.3. The predicted octanol–water partition coefficient (Wildman–Crippen LogP) is 3.89. The Morgan fingerprint density at radius 3 is 2.43 bits per heavy atom. The minimum absolute atomic E-state index is 0.171. The SMILES string of the molecule is O=C(NCCc1ccc2c(c1)OCO2)C(Oc1ccccc1)c1ccccc1. The third kappa shape index (κ3) is 4.26. The molecule has 3 aromatic carbocycles. The van der Waals surface area contributed by atoms with Gasteiger partial charge < -0.3 is 19.5 Å². The minimum atomic E-state index is -0.708. The third-order valence-corrected chi connectivity index (χ3v) is 4.49. The molecule has 28 heavy (non-hydrogen) atoms. The molecular weight excluding hydrogens is 354 g/mol. The van der Waals surface area contributed by atoms with Gasteiger partial charge in [-0.05, 0) is 36.2 Å². The average Bonchev–Trinajstić information content (AvgIpc) is 3.21. The summed E-state index contributed by atoms with van der Waals surface area (Å²) < 4.78 is 16.7. The number of rotatable bonds is 7. The van der Waals surface area contributed by atoms with Crippen molar-refractivity contribution in [3.63, 3.8) is 0 Å². The molecule has 0 fully saturated rings. The maximum Gasteiger partial charge on any atom is 0.265 e. The lowest BCUT2D eigenvalue weighted by molar-refractivity contribution is -0.128. The highest BCUT2D eigenvalue weighted by Gasteiger charge is 2.22. The first-order valence-corrected chi connectivity index (χ1v) is 9.22. The van der Waals surface area contributed by atoms with E-state index in [9.17, 15) is 4.79 Å². The second kappa shape index (κ2) is 8.48. The van der Waals surface area contributed by atoms with Crippen LogP contribution in [0.25, 0.3) is 0 Å². The van der Waals surface area contributed by atoms with E-state index in [1.165, 1.54) is 0 Å². The van der Waals surface area contributed by atoms with Gasteiger partial charge in [-0.3, -0.25) is 4.79 Å². The van der Waals surface area contributed by atoms with Gasteiger partial charge in [0.1, 0.15) is 5.75 Å². The van der Waals surface area contributed by atoms with Crippen LogP contribution in [0.5, 0.6) is 17.2 Å². The smallest absolute Gasteiger partial charge is 0.265 e. The van der Waals surface area contributed by atoms with Crippen molar-refractivity contribution in [3.8, 4) is 17.2 Å². The Labute approximate surface area is 163 Å². The first kappa shape index (κ1) is 17.9. The monoisotopic (exact) mass is 375 g/mol. The summed E-state index contributed by atoms with van der Waals surface area (Å²) in [6.07, 6.45) is -0.0183.